The van der Waals surface area contributed by atoms with E-state index in [1.807, 2.05) is 0 Å². The second-order valence-electron chi connectivity index (χ2n) is 4.56. The van der Waals surface area contributed by atoms with E-state index < -0.39 is 23.5 Å². The Bertz CT molecular complexity index is 662. The Morgan fingerprint density at radius 3 is 2.62 bits per heavy atom. The Morgan fingerprint density at radius 1 is 1.29 bits per heavy atom. The molecule has 4 nitrogen and oxygen atoms in total. The van der Waals surface area contributed by atoms with Crippen LogP contribution < -0.4 is 0 Å². The molecule has 0 bridgehead atoms. The van der Waals surface area contributed by atoms with Crippen molar-refractivity contribution in [3.05, 3.63) is 59.2 Å². The summed E-state index contributed by atoms with van der Waals surface area (Å²) in [5.41, 5.74) is 0.151. The molecular formula is C15H14F2N2O2. The molecule has 0 aliphatic rings. The lowest BCUT2D eigenvalue weighted by Gasteiger charge is -2.14. The van der Waals surface area contributed by atoms with Crippen LogP contribution in [0.5, 0.6) is 0 Å². The number of benzene rings is 1. The van der Waals surface area contributed by atoms with Gasteiger partial charge in [-0.3, -0.25) is 4.79 Å². The van der Waals surface area contributed by atoms with E-state index in [1.165, 1.54) is 18.2 Å². The molecule has 6 heteroatoms. The van der Waals surface area contributed by atoms with Crippen molar-refractivity contribution in [3.8, 4) is 0 Å². The van der Waals surface area contributed by atoms with E-state index in [1.54, 1.807) is 13.0 Å². The standard InChI is InChI=1S/C15H14F2N2O2/c1-2-12-13(17)14(19-8-18-12)10(15(20)21)7-9-5-3-4-6-11(9)16/h3-6,8,10H,2,7H2,1H3,(H,20,21). The van der Waals surface area contributed by atoms with Crippen molar-refractivity contribution in [2.75, 3.05) is 0 Å². The van der Waals surface area contributed by atoms with Crippen molar-refractivity contribution >= 4 is 5.97 Å². The fourth-order valence-electron chi connectivity index (χ4n) is 2.10. The molecule has 2 aromatic rings. The maximum absolute atomic E-state index is 14.2. The van der Waals surface area contributed by atoms with Crippen LogP contribution in [0, 0.1) is 11.6 Å². The number of hydrogen-bond acceptors (Lipinski definition) is 3. The summed E-state index contributed by atoms with van der Waals surface area (Å²) in [6.07, 6.45) is 1.29. The van der Waals surface area contributed by atoms with Gasteiger partial charge in [-0.25, -0.2) is 18.7 Å². The summed E-state index contributed by atoms with van der Waals surface area (Å²) in [5.74, 6) is -3.76. The first-order valence-corrected chi connectivity index (χ1v) is 6.50. The first-order chi connectivity index (χ1) is 10.0. The molecule has 21 heavy (non-hydrogen) atoms. The number of aromatic nitrogens is 2. The molecule has 2 rings (SSSR count). The molecule has 0 saturated carbocycles. The van der Waals surface area contributed by atoms with Gasteiger partial charge in [-0.05, 0) is 24.5 Å². The lowest BCUT2D eigenvalue weighted by atomic mass is 9.94. The van der Waals surface area contributed by atoms with Crippen molar-refractivity contribution in [2.45, 2.75) is 25.7 Å². The zero-order valence-corrected chi connectivity index (χ0v) is 11.4. The Labute approximate surface area is 120 Å². The average molecular weight is 292 g/mol. The lowest BCUT2D eigenvalue weighted by Crippen LogP contribution is -2.19. The molecular weight excluding hydrogens is 278 g/mol. The number of carboxylic acid groups (broad SMARTS) is 1. The highest BCUT2D eigenvalue weighted by atomic mass is 19.1. The molecule has 0 aliphatic carbocycles. The quantitative estimate of drug-likeness (QED) is 0.920. The zero-order valence-electron chi connectivity index (χ0n) is 11.4. The number of halogens is 2. The predicted octanol–water partition coefficient (Wildman–Crippen LogP) is 2.73. The highest BCUT2D eigenvalue weighted by Gasteiger charge is 2.27. The molecule has 0 spiro atoms. The summed E-state index contributed by atoms with van der Waals surface area (Å²) in [7, 11) is 0. The fraction of sp³-hybridized carbons (Fsp3) is 0.267. The van der Waals surface area contributed by atoms with Gasteiger partial charge in [0, 0.05) is 0 Å². The molecule has 0 fully saturated rings. The minimum absolute atomic E-state index is 0.153. The van der Waals surface area contributed by atoms with Gasteiger partial charge in [0.25, 0.3) is 0 Å². The van der Waals surface area contributed by atoms with Crippen LogP contribution in [0.2, 0.25) is 0 Å². The zero-order chi connectivity index (χ0) is 15.4. The summed E-state index contributed by atoms with van der Waals surface area (Å²) < 4.78 is 27.9. The molecule has 0 amide bonds. The minimum Gasteiger partial charge on any atom is -0.481 e. The number of rotatable bonds is 5. The smallest absolute Gasteiger partial charge is 0.313 e. The van der Waals surface area contributed by atoms with Gasteiger partial charge in [0.15, 0.2) is 5.82 Å². The SMILES string of the molecule is CCc1ncnc(C(Cc2ccccc2F)C(=O)O)c1F. The van der Waals surface area contributed by atoms with E-state index in [0.29, 0.717) is 6.42 Å². The van der Waals surface area contributed by atoms with Gasteiger partial charge < -0.3 is 5.11 Å². The van der Waals surface area contributed by atoms with Gasteiger partial charge >= 0.3 is 5.97 Å². The summed E-state index contributed by atoms with van der Waals surface area (Å²) in [6, 6.07) is 5.83. The van der Waals surface area contributed by atoms with Crippen LogP contribution in [0.4, 0.5) is 8.78 Å². The molecule has 1 N–H and O–H groups in total. The van der Waals surface area contributed by atoms with Crippen molar-refractivity contribution in [3.63, 3.8) is 0 Å². The van der Waals surface area contributed by atoms with Crippen LogP contribution in [0.15, 0.2) is 30.6 Å². The lowest BCUT2D eigenvalue weighted by molar-refractivity contribution is -0.139. The average Bonchev–Trinajstić information content (AvgIpc) is 2.47. The van der Waals surface area contributed by atoms with Gasteiger partial charge in [-0.15, -0.1) is 0 Å². The monoisotopic (exact) mass is 292 g/mol. The second-order valence-corrected chi connectivity index (χ2v) is 4.56. The molecule has 1 aromatic heterocycles. The first-order valence-electron chi connectivity index (χ1n) is 6.50. The number of hydrogen-bond donors (Lipinski definition) is 1. The normalized spacial score (nSPS) is 12.1. The second kappa shape index (κ2) is 6.39. The number of carbonyl (C=O) groups is 1. The van der Waals surface area contributed by atoms with Gasteiger partial charge in [0.05, 0.1) is 11.4 Å². The molecule has 1 aromatic carbocycles. The third-order valence-corrected chi connectivity index (χ3v) is 3.23. The number of aliphatic carboxylic acids is 1. The van der Waals surface area contributed by atoms with E-state index in [-0.39, 0.29) is 23.4 Å². The Hall–Kier alpha value is -2.37. The number of carboxylic acids is 1. The van der Waals surface area contributed by atoms with E-state index in [0.717, 1.165) is 6.33 Å². The van der Waals surface area contributed by atoms with E-state index in [4.69, 9.17) is 0 Å². The van der Waals surface area contributed by atoms with Gasteiger partial charge in [-0.1, -0.05) is 25.1 Å². The van der Waals surface area contributed by atoms with Gasteiger partial charge in [0.1, 0.15) is 18.1 Å². The molecule has 0 aliphatic heterocycles. The van der Waals surface area contributed by atoms with Crippen molar-refractivity contribution in [1.82, 2.24) is 9.97 Å². The van der Waals surface area contributed by atoms with Gasteiger partial charge in [0.2, 0.25) is 0 Å². The number of nitrogens with zero attached hydrogens (tertiary/aromatic N) is 2. The van der Waals surface area contributed by atoms with Crippen molar-refractivity contribution in [2.24, 2.45) is 0 Å². The van der Waals surface area contributed by atoms with Crippen LogP contribution in [0.3, 0.4) is 0 Å². The Balaban J connectivity index is 2.41. The maximum atomic E-state index is 14.2. The third kappa shape index (κ3) is 3.21. The summed E-state index contributed by atoms with van der Waals surface area (Å²) in [4.78, 5) is 18.9. The summed E-state index contributed by atoms with van der Waals surface area (Å²) in [5, 5.41) is 9.32. The van der Waals surface area contributed by atoms with Crippen LogP contribution >= 0.6 is 0 Å². The molecule has 1 heterocycles. The molecule has 110 valence electrons. The third-order valence-electron chi connectivity index (χ3n) is 3.23. The Kier molecular flexibility index (Phi) is 4.57. The van der Waals surface area contributed by atoms with E-state index in [2.05, 4.69) is 9.97 Å². The summed E-state index contributed by atoms with van der Waals surface area (Å²) in [6.45, 7) is 1.71. The minimum atomic E-state index is -1.25. The molecule has 0 saturated heterocycles. The van der Waals surface area contributed by atoms with Crippen LogP contribution in [0.25, 0.3) is 0 Å². The van der Waals surface area contributed by atoms with Crippen molar-refractivity contribution in [1.29, 1.82) is 0 Å². The van der Waals surface area contributed by atoms with Crippen molar-refractivity contribution < 1.29 is 18.7 Å². The number of aryl methyl sites for hydroxylation is 1. The van der Waals surface area contributed by atoms with Crippen LogP contribution in [-0.4, -0.2) is 21.0 Å². The first kappa shape index (κ1) is 15.0. The largest absolute Gasteiger partial charge is 0.481 e. The molecule has 0 radical (unpaired) electrons. The maximum Gasteiger partial charge on any atom is 0.313 e. The highest BCUT2D eigenvalue weighted by Crippen LogP contribution is 2.24. The molecule has 1 unspecified atom stereocenters. The highest BCUT2D eigenvalue weighted by molar-refractivity contribution is 5.76. The van der Waals surface area contributed by atoms with Crippen LogP contribution in [-0.2, 0) is 17.6 Å². The topological polar surface area (TPSA) is 63.1 Å². The summed E-state index contributed by atoms with van der Waals surface area (Å²) >= 11 is 0. The van der Waals surface area contributed by atoms with Crippen LogP contribution in [0.1, 0.15) is 29.8 Å². The molecule has 1 atom stereocenters. The van der Waals surface area contributed by atoms with E-state index in [9.17, 15) is 18.7 Å². The fourth-order valence-corrected chi connectivity index (χ4v) is 2.10. The van der Waals surface area contributed by atoms with E-state index >= 15 is 0 Å². The predicted molar refractivity (Wildman–Crippen MR) is 71.8 cm³/mol. The van der Waals surface area contributed by atoms with Gasteiger partial charge in [-0.2, -0.15) is 0 Å². The Morgan fingerprint density at radius 2 is 2.00 bits per heavy atom.